The molecule has 0 aromatic heterocycles. The molecule has 1 aliphatic carbocycles. The van der Waals surface area contributed by atoms with E-state index in [0.29, 0.717) is 12.5 Å². The molecule has 1 fully saturated rings. The number of nitrogens with one attached hydrogen (secondary N) is 1. The van der Waals surface area contributed by atoms with Crippen molar-refractivity contribution in [2.24, 2.45) is 5.92 Å². The van der Waals surface area contributed by atoms with Crippen molar-refractivity contribution in [1.82, 2.24) is 5.32 Å². The van der Waals surface area contributed by atoms with Gasteiger partial charge >= 0.3 is 0 Å². The second-order valence-electron chi connectivity index (χ2n) is 6.37. The highest BCUT2D eigenvalue weighted by Gasteiger charge is 2.39. The first kappa shape index (κ1) is 16.2. The summed E-state index contributed by atoms with van der Waals surface area (Å²) in [4.78, 5) is 0. The van der Waals surface area contributed by atoms with Crippen molar-refractivity contribution in [1.29, 1.82) is 0 Å². The van der Waals surface area contributed by atoms with Crippen LogP contribution in [0.25, 0.3) is 0 Å². The van der Waals surface area contributed by atoms with Crippen LogP contribution in [0.3, 0.4) is 0 Å². The van der Waals surface area contributed by atoms with Gasteiger partial charge in [-0.1, -0.05) is 26.0 Å². The number of ether oxygens (including phenoxy) is 2. The third-order valence-electron chi connectivity index (χ3n) is 4.05. The van der Waals surface area contributed by atoms with Gasteiger partial charge in [-0.2, -0.15) is 0 Å². The number of hydrogen-bond acceptors (Lipinski definition) is 3. The van der Waals surface area contributed by atoms with Crippen molar-refractivity contribution in [2.75, 3.05) is 19.7 Å². The molecule has 1 aliphatic rings. The first-order chi connectivity index (χ1) is 10.2. The second kappa shape index (κ2) is 7.69. The second-order valence-corrected chi connectivity index (χ2v) is 6.37. The van der Waals surface area contributed by atoms with E-state index in [0.717, 1.165) is 43.9 Å². The Hall–Kier alpha value is -1.22. The molecule has 0 spiro atoms. The molecule has 0 radical (unpaired) electrons. The van der Waals surface area contributed by atoms with Gasteiger partial charge < -0.3 is 14.8 Å². The third kappa shape index (κ3) is 4.63. The average molecular weight is 291 g/mol. The standard InChI is InChI=1S/C18H29NO2/c1-4-20-16-8-5-6-9-17(16)21-18(10-7-11-18)12-13-19-14-15(2)3/h5-6,8-9,15,19H,4,7,10-14H2,1-3H3. The van der Waals surface area contributed by atoms with Gasteiger partial charge in [-0.15, -0.1) is 0 Å². The molecule has 0 aliphatic heterocycles. The fourth-order valence-corrected chi connectivity index (χ4v) is 2.72. The van der Waals surface area contributed by atoms with Crippen LogP contribution in [0.2, 0.25) is 0 Å². The first-order valence-electron chi connectivity index (χ1n) is 8.27. The normalized spacial score (nSPS) is 16.6. The Morgan fingerprint density at radius 1 is 1.19 bits per heavy atom. The maximum absolute atomic E-state index is 6.36. The summed E-state index contributed by atoms with van der Waals surface area (Å²) in [5.74, 6) is 2.45. The van der Waals surface area contributed by atoms with Crippen LogP contribution in [0.15, 0.2) is 24.3 Å². The lowest BCUT2D eigenvalue weighted by molar-refractivity contribution is -0.0164. The van der Waals surface area contributed by atoms with Gasteiger partial charge in [-0.25, -0.2) is 0 Å². The number of rotatable bonds is 9. The average Bonchev–Trinajstić information content (AvgIpc) is 2.42. The fraction of sp³-hybridized carbons (Fsp3) is 0.667. The Kier molecular flexibility index (Phi) is 5.92. The SMILES string of the molecule is CCOc1ccccc1OC1(CCNCC(C)C)CCC1. The van der Waals surface area contributed by atoms with Crippen LogP contribution in [0.1, 0.15) is 46.5 Å². The van der Waals surface area contributed by atoms with Crippen molar-refractivity contribution < 1.29 is 9.47 Å². The Bertz CT molecular complexity index is 427. The molecule has 3 heteroatoms. The lowest BCUT2D eigenvalue weighted by Crippen LogP contribution is -2.45. The molecule has 3 nitrogen and oxygen atoms in total. The summed E-state index contributed by atoms with van der Waals surface area (Å²) in [6.07, 6.45) is 4.63. The van der Waals surface area contributed by atoms with Crippen LogP contribution in [-0.4, -0.2) is 25.3 Å². The number of benzene rings is 1. The van der Waals surface area contributed by atoms with Crippen molar-refractivity contribution >= 4 is 0 Å². The minimum Gasteiger partial charge on any atom is -0.490 e. The molecule has 0 amide bonds. The molecule has 1 aromatic carbocycles. The summed E-state index contributed by atoms with van der Waals surface area (Å²) < 4.78 is 12.0. The van der Waals surface area contributed by atoms with E-state index in [2.05, 4.69) is 19.2 Å². The molecule has 2 rings (SSSR count). The molecular formula is C18H29NO2. The van der Waals surface area contributed by atoms with Crippen LogP contribution < -0.4 is 14.8 Å². The number of para-hydroxylation sites is 2. The summed E-state index contributed by atoms with van der Waals surface area (Å²) in [7, 11) is 0. The summed E-state index contributed by atoms with van der Waals surface area (Å²) in [5, 5.41) is 3.52. The van der Waals surface area contributed by atoms with Gasteiger partial charge in [0.1, 0.15) is 5.60 Å². The minimum absolute atomic E-state index is 0.0111. The molecule has 1 aromatic rings. The quantitative estimate of drug-likeness (QED) is 0.697. The highest BCUT2D eigenvalue weighted by molar-refractivity contribution is 5.40. The first-order valence-corrected chi connectivity index (χ1v) is 8.27. The molecule has 0 bridgehead atoms. The highest BCUT2D eigenvalue weighted by Crippen LogP contribution is 2.41. The zero-order valence-corrected chi connectivity index (χ0v) is 13.7. The van der Waals surface area contributed by atoms with Gasteiger partial charge in [0.2, 0.25) is 0 Å². The molecule has 1 N–H and O–H groups in total. The smallest absolute Gasteiger partial charge is 0.162 e. The summed E-state index contributed by atoms with van der Waals surface area (Å²) in [6.45, 7) is 9.25. The van der Waals surface area contributed by atoms with Crippen molar-refractivity contribution in [2.45, 2.75) is 52.1 Å². The maximum Gasteiger partial charge on any atom is 0.162 e. The van der Waals surface area contributed by atoms with Crippen LogP contribution in [0, 0.1) is 5.92 Å². The van der Waals surface area contributed by atoms with E-state index < -0.39 is 0 Å². The van der Waals surface area contributed by atoms with Gasteiger partial charge in [0, 0.05) is 0 Å². The van der Waals surface area contributed by atoms with E-state index in [9.17, 15) is 0 Å². The van der Waals surface area contributed by atoms with E-state index >= 15 is 0 Å². The van der Waals surface area contributed by atoms with E-state index in [1.54, 1.807) is 0 Å². The maximum atomic E-state index is 6.36. The Labute approximate surface area is 129 Å². The summed E-state index contributed by atoms with van der Waals surface area (Å²) >= 11 is 0. The topological polar surface area (TPSA) is 30.5 Å². The van der Waals surface area contributed by atoms with Crippen molar-refractivity contribution in [3.05, 3.63) is 24.3 Å². The van der Waals surface area contributed by atoms with Gasteiger partial charge in [0.15, 0.2) is 11.5 Å². The summed E-state index contributed by atoms with van der Waals surface area (Å²) in [5.41, 5.74) is 0.0111. The molecular weight excluding hydrogens is 262 g/mol. The van der Waals surface area contributed by atoms with Crippen LogP contribution in [0.5, 0.6) is 11.5 Å². The minimum atomic E-state index is 0.0111. The van der Waals surface area contributed by atoms with E-state index in [4.69, 9.17) is 9.47 Å². The van der Waals surface area contributed by atoms with Crippen LogP contribution in [0.4, 0.5) is 0 Å². The predicted molar refractivity (Wildman–Crippen MR) is 87.1 cm³/mol. The number of hydrogen-bond donors (Lipinski definition) is 1. The molecule has 0 unspecified atom stereocenters. The van der Waals surface area contributed by atoms with Gasteiger partial charge in [0.25, 0.3) is 0 Å². The molecule has 0 heterocycles. The molecule has 21 heavy (non-hydrogen) atoms. The van der Waals surface area contributed by atoms with Gasteiger partial charge in [0.05, 0.1) is 6.61 Å². The van der Waals surface area contributed by atoms with Gasteiger partial charge in [-0.05, 0) is 63.7 Å². The molecule has 0 saturated heterocycles. The largest absolute Gasteiger partial charge is 0.490 e. The Morgan fingerprint density at radius 3 is 2.48 bits per heavy atom. The van der Waals surface area contributed by atoms with Crippen molar-refractivity contribution in [3.63, 3.8) is 0 Å². The summed E-state index contributed by atoms with van der Waals surface area (Å²) in [6, 6.07) is 8.02. The van der Waals surface area contributed by atoms with E-state index in [-0.39, 0.29) is 5.60 Å². The third-order valence-corrected chi connectivity index (χ3v) is 4.05. The lowest BCUT2D eigenvalue weighted by atomic mass is 9.77. The predicted octanol–water partition coefficient (Wildman–Crippen LogP) is 4.02. The zero-order valence-electron chi connectivity index (χ0n) is 13.7. The molecule has 0 atom stereocenters. The molecule has 118 valence electrons. The fourth-order valence-electron chi connectivity index (χ4n) is 2.72. The van der Waals surface area contributed by atoms with Crippen LogP contribution in [-0.2, 0) is 0 Å². The molecule has 1 saturated carbocycles. The Balaban J connectivity index is 1.92. The van der Waals surface area contributed by atoms with Gasteiger partial charge in [-0.3, -0.25) is 0 Å². The van der Waals surface area contributed by atoms with E-state index in [1.807, 2.05) is 31.2 Å². The Morgan fingerprint density at radius 2 is 1.90 bits per heavy atom. The van der Waals surface area contributed by atoms with Crippen LogP contribution >= 0.6 is 0 Å². The zero-order chi connectivity index (χ0) is 15.1. The monoisotopic (exact) mass is 291 g/mol. The highest BCUT2D eigenvalue weighted by atomic mass is 16.5. The lowest BCUT2D eigenvalue weighted by Gasteiger charge is -2.42. The van der Waals surface area contributed by atoms with E-state index in [1.165, 1.54) is 6.42 Å². The van der Waals surface area contributed by atoms with Crippen molar-refractivity contribution in [3.8, 4) is 11.5 Å².